The molecule has 0 aromatic heterocycles. The Labute approximate surface area is 154 Å². The first-order valence-electron chi connectivity index (χ1n) is 8.27. The minimum absolute atomic E-state index is 0.0101. The van der Waals surface area contributed by atoms with Crippen molar-refractivity contribution in [3.63, 3.8) is 0 Å². The first-order chi connectivity index (χ1) is 12.2. The normalized spacial score (nSPS) is 11.6. The number of sulfonamides is 1. The van der Waals surface area contributed by atoms with E-state index in [2.05, 4.69) is 0 Å². The molecule has 140 valence electrons. The van der Waals surface area contributed by atoms with Gasteiger partial charge in [-0.1, -0.05) is 24.3 Å². The molecule has 2 aromatic rings. The molecule has 0 fully saturated rings. The van der Waals surface area contributed by atoms with Crippen molar-refractivity contribution in [3.05, 3.63) is 65.5 Å². The second-order valence-corrected chi connectivity index (χ2v) is 8.12. The number of aryl methyl sites for hydroxylation is 1. The standard InChI is InChI=1S/C19H23FN2O3S/c1-4-22(18-7-5-6-15(2)12-18)19(23)14-21(26(3,24)25)13-16-8-10-17(20)11-9-16/h5-12H,4,13-14H2,1-3H3. The molecule has 26 heavy (non-hydrogen) atoms. The number of hydrogen-bond acceptors (Lipinski definition) is 3. The molecule has 0 aliphatic heterocycles. The summed E-state index contributed by atoms with van der Waals surface area (Å²) in [5.74, 6) is -0.710. The Kier molecular flexibility index (Phi) is 6.50. The van der Waals surface area contributed by atoms with Gasteiger partial charge in [-0.15, -0.1) is 0 Å². The molecule has 0 spiro atoms. The van der Waals surface area contributed by atoms with Crippen LogP contribution in [0.15, 0.2) is 48.5 Å². The molecule has 0 saturated heterocycles. The van der Waals surface area contributed by atoms with Gasteiger partial charge in [0.15, 0.2) is 0 Å². The smallest absolute Gasteiger partial charge is 0.242 e. The van der Waals surface area contributed by atoms with Crippen molar-refractivity contribution in [3.8, 4) is 0 Å². The maximum absolute atomic E-state index is 13.0. The summed E-state index contributed by atoms with van der Waals surface area (Å²) in [4.78, 5) is 14.3. The Balaban J connectivity index is 2.21. The van der Waals surface area contributed by atoms with Gasteiger partial charge in [-0.3, -0.25) is 4.79 Å². The molecule has 0 saturated carbocycles. The van der Waals surface area contributed by atoms with Gasteiger partial charge in [-0.2, -0.15) is 4.31 Å². The average molecular weight is 378 g/mol. The van der Waals surface area contributed by atoms with Crippen molar-refractivity contribution in [1.82, 2.24) is 4.31 Å². The van der Waals surface area contributed by atoms with Crippen LogP contribution in [0.1, 0.15) is 18.1 Å². The van der Waals surface area contributed by atoms with Gasteiger partial charge >= 0.3 is 0 Å². The minimum atomic E-state index is -3.61. The van der Waals surface area contributed by atoms with Crippen LogP contribution in [-0.2, 0) is 21.4 Å². The second kappa shape index (κ2) is 8.42. The van der Waals surface area contributed by atoms with E-state index < -0.39 is 15.8 Å². The Hall–Kier alpha value is -2.25. The van der Waals surface area contributed by atoms with Gasteiger partial charge in [-0.25, -0.2) is 12.8 Å². The van der Waals surface area contributed by atoms with Gasteiger partial charge in [0, 0.05) is 18.8 Å². The number of anilines is 1. The lowest BCUT2D eigenvalue weighted by Crippen LogP contribution is -2.42. The predicted molar refractivity (Wildman–Crippen MR) is 101 cm³/mol. The van der Waals surface area contributed by atoms with E-state index in [1.807, 2.05) is 38.1 Å². The summed E-state index contributed by atoms with van der Waals surface area (Å²) in [6.45, 7) is 3.93. The maximum Gasteiger partial charge on any atom is 0.242 e. The summed E-state index contributed by atoms with van der Waals surface area (Å²) >= 11 is 0. The van der Waals surface area contributed by atoms with E-state index >= 15 is 0 Å². The zero-order valence-electron chi connectivity index (χ0n) is 15.1. The molecule has 2 aromatic carbocycles. The fourth-order valence-corrected chi connectivity index (χ4v) is 3.35. The van der Waals surface area contributed by atoms with Crippen LogP contribution in [0.3, 0.4) is 0 Å². The van der Waals surface area contributed by atoms with E-state index in [0.717, 1.165) is 21.8 Å². The summed E-state index contributed by atoms with van der Waals surface area (Å²) in [6.07, 6.45) is 1.06. The molecule has 1 amide bonds. The summed E-state index contributed by atoms with van der Waals surface area (Å²) in [5, 5.41) is 0. The highest BCUT2D eigenvalue weighted by Gasteiger charge is 2.24. The number of amides is 1. The lowest BCUT2D eigenvalue weighted by atomic mass is 10.2. The number of likely N-dealkylation sites (N-methyl/N-ethyl adjacent to an activating group) is 1. The van der Waals surface area contributed by atoms with E-state index in [0.29, 0.717) is 12.1 Å². The van der Waals surface area contributed by atoms with Gasteiger partial charge < -0.3 is 4.90 Å². The largest absolute Gasteiger partial charge is 0.312 e. The van der Waals surface area contributed by atoms with Crippen molar-refractivity contribution in [2.75, 3.05) is 24.2 Å². The predicted octanol–water partition coefficient (Wildman–Crippen LogP) is 2.95. The Morgan fingerprint density at radius 1 is 1.12 bits per heavy atom. The van der Waals surface area contributed by atoms with Crippen LogP contribution in [0.2, 0.25) is 0 Å². The third-order valence-electron chi connectivity index (χ3n) is 3.98. The topological polar surface area (TPSA) is 57.7 Å². The van der Waals surface area contributed by atoms with E-state index in [-0.39, 0.29) is 19.0 Å². The van der Waals surface area contributed by atoms with E-state index in [1.165, 1.54) is 24.3 Å². The van der Waals surface area contributed by atoms with Crippen LogP contribution in [0, 0.1) is 12.7 Å². The molecule has 7 heteroatoms. The zero-order chi connectivity index (χ0) is 19.3. The third kappa shape index (κ3) is 5.37. The number of carbonyl (C=O) groups excluding carboxylic acids is 1. The summed E-state index contributed by atoms with van der Waals surface area (Å²) in [7, 11) is -3.61. The SMILES string of the molecule is CCN(C(=O)CN(Cc1ccc(F)cc1)S(C)(=O)=O)c1cccc(C)c1. The number of benzene rings is 2. The van der Waals surface area contributed by atoms with Crippen molar-refractivity contribution >= 4 is 21.6 Å². The van der Waals surface area contributed by atoms with Crippen LogP contribution < -0.4 is 4.90 Å². The van der Waals surface area contributed by atoms with E-state index in [9.17, 15) is 17.6 Å². The summed E-state index contributed by atoms with van der Waals surface area (Å²) in [5.41, 5.74) is 2.36. The first-order valence-corrected chi connectivity index (χ1v) is 10.1. The van der Waals surface area contributed by atoms with Gasteiger partial charge in [0.05, 0.1) is 12.8 Å². The maximum atomic E-state index is 13.0. The van der Waals surface area contributed by atoms with Crippen LogP contribution >= 0.6 is 0 Å². The van der Waals surface area contributed by atoms with Crippen molar-refractivity contribution in [2.45, 2.75) is 20.4 Å². The summed E-state index contributed by atoms with van der Waals surface area (Å²) < 4.78 is 38.4. The molecule has 0 heterocycles. The van der Waals surface area contributed by atoms with Gasteiger partial charge in [-0.05, 0) is 49.2 Å². The van der Waals surface area contributed by atoms with E-state index in [1.54, 1.807) is 4.90 Å². The molecule has 0 atom stereocenters. The van der Waals surface area contributed by atoms with Crippen LogP contribution in [-0.4, -0.2) is 38.0 Å². The third-order valence-corrected chi connectivity index (χ3v) is 5.18. The molecule has 0 aliphatic rings. The number of rotatable bonds is 7. The lowest BCUT2D eigenvalue weighted by Gasteiger charge is -2.26. The first kappa shape index (κ1) is 20.1. The summed E-state index contributed by atoms with van der Waals surface area (Å²) in [6, 6.07) is 13.0. The minimum Gasteiger partial charge on any atom is -0.312 e. The average Bonchev–Trinajstić information content (AvgIpc) is 2.56. The molecule has 0 N–H and O–H groups in total. The van der Waals surface area contributed by atoms with E-state index in [4.69, 9.17) is 0 Å². The van der Waals surface area contributed by atoms with Crippen LogP contribution in [0.25, 0.3) is 0 Å². The monoisotopic (exact) mass is 378 g/mol. The highest BCUT2D eigenvalue weighted by atomic mass is 32.2. The molecular weight excluding hydrogens is 355 g/mol. The van der Waals surface area contributed by atoms with Crippen LogP contribution in [0.4, 0.5) is 10.1 Å². The lowest BCUT2D eigenvalue weighted by molar-refractivity contribution is -0.118. The number of nitrogens with zero attached hydrogens (tertiary/aromatic N) is 2. The Morgan fingerprint density at radius 2 is 1.77 bits per heavy atom. The zero-order valence-corrected chi connectivity index (χ0v) is 16.0. The number of carbonyl (C=O) groups is 1. The Morgan fingerprint density at radius 3 is 2.31 bits per heavy atom. The number of hydrogen-bond donors (Lipinski definition) is 0. The molecular formula is C19H23FN2O3S. The van der Waals surface area contributed by atoms with Crippen LogP contribution in [0.5, 0.6) is 0 Å². The van der Waals surface area contributed by atoms with Gasteiger partial charge in [0.1, 0.15) is 5.82 Å². The van der Waals surface area contributed by atoms with Gasteiger partial charge in [0.2, 0.25) is 15.9 Å². The van der Waals surface area contributed by atoms with Crippen molar-refractivity contribution in [1.29, 1.82) is 0 Å². The Bertz CT molecular complexity index is 867. The fourth-order valence-electron chi connectivity index (χ4n) is 2.62. The quantitative estimate of drug-likeness (QED) is 0.744. The van der Waals surface area contributed by atoms with Gasteiger partial charge in [0.25, 0.3) is 0 Å². The van der Waals surface area contributed by atoms with Crippen molar-refractivity contribution < 1.29 is 17.6 Å². The molecule has 0 unspecified atom stereocenters. The molecule has 0 aliphatic carbocycles. The fraction of sp³-hybridized carbons (Fsp3) is 0.316. The number of halogens is 1. The van der Waals surface area contributed by atoms with Crippen molar-refractivity contribution in [2.24, 2.45) is 0 Å². The molecule has 2 rings (SSSR count). The highest BCUT2D eigenvalue weighted by Crippen LogP contribution is 2.17. The molecule has 0 radical (unpaired) electrons. The molecule has 0 bridgehead atoms. The second-order valence-electron chi connectivity index (χ2n) is 6.13. The highest BCUT2D eigenvalue weighted by molar-refractivity contribution is 7.88. The molecule has 5 nitrogen and oxygen atoms in total.